The Labute approximate surface area is 122 Å². The van der Waals surface area contributed by atoms with Crippen LogP contribution in [0.15, 0.2) is 36.4 Å². The molecule has 2 N–H and O–H groups in total. The zero-order valence-corrected chi connectivity index (χ0v) is 11.8. The van der Waals surface area contributed by atoms with Crippen LogP contribution < -0.4 is 10.5 Å². The standard InChI is InChI=1S/C16H15ClFNO/c1-9-6-12-7-10(3-5-15(12)20-9)16(19)11-2-4-14(18)13(17)8-11/h2-5,7-9,16H,6,19H2,1H3. The minimum absolute atomic E-state index is 0.0936. The van der Waals surface area contributed by atoms with Crippen molar-refractivity contribution in [2.24, 2.45) is 5.73 Å². The maximum atomic E-state index is 13.2. The normalized spacial score (nSPS) is 18.5. The van der Waals surface area contributed by atoms with E-state index in [9.17, 15) is 4.39 Å². The number of hydrogen-bond donors (Lipinski definition) is 1. The Balaban J connectivity index is 1.93. The summed E-state index contributed by atoms with van der Waals surface area (Å²) in [5, 5.41) is 0.0936. The molecule has 0 radical (unpaired) electrons. The van der Waals surface area contributed by atoms with E-state index in [0.29, 0.717) is 0 Å². The first-order chi connectivity index (χ1) is 9.54. The molecular weight excluding hydrogens is 277 g/mol. The molecule has 104 valence electrons. The van der Waals surface area contributed by atoms with Crippen LogP contribution in [0.25, 0.3) is 0 Å². The van der Waals surface area contributed by atoms with Crippen LogP contribution >= 0.6 is 11.6 Å². The third-order valence-electron chi connectivity index (χ3n) is 3.58. The average Bonchev–Trinajstić information content (AvgIpc) is 2.80. The second kappa shape index (κ2) is 5.08. The molecular formula is C16H15ClFNO. The van der Waals surface area contributed by atoms with Crippen LogP contribution in [0.3, 0.4) is 0 Å². The monoisotopic (exact) mass is 291 g/mol. The van der Waals surface area contributed by atoms with E-state index in [4.69, 9.17) is 22.1 Å². The van der Waals surface area contributed by atoms with Gasteiger partial charge in [0, 0.05) is 6.42 Å². The minimum Gasteiger partial charge on any atom is -0.490 e. The van der Waals surface area contributed by atoms with Gasteiger partial charge in [0.15, 0.2) is 0 Å². The maximum Gasteiger partial charge on any atom is 0.141 e. The van der Waals surface area contributed by atoms with Gasteiger partial charge in [-0.2, -0.15) is 0 Å². The SMILES string of the molecule is CC1Cc2cc(C(N)c3ccc(F)c(Cl)c3)ccc2O1. The number of ether oxygens (including phenoxy) is 1. The van der Waals surface area contributed by atoms with Gasteiger partial charge in [-0.25, -0.2) is 4.39 Å². The summed E-state index contributed by atoms with van der Waals surface area (Å²) in [6, 6.07) is 10.2. The molecule has 0 bridgehead atoms. The highest BCUT2D eigenvalue weighted by molar-refractivity contribution is 6.30. The van der Waals surface area contributed by atoms with E-state index >= 15 is 0 Å². The Morgan fingerprint density at radius 3 is 2.70 bits per heavy atom. The van der Waals surface area contributed by atoms with Gasteiger partial charge in [0.25, 0.3) is 0 Å². The molecule has 2 aromatic rings. The summed E-state index contributed by atoms with van der Waals surface area (Å²) in [5.41, 5.74) is 9.18. The lowest BCUT2D eigenvalue weighted by Crippen LogP contribution is -2.12. The van der Waals surface area contributed by atoms with Crippen molar-refractivity contribution in [1.29, 1.82) is 0 Å². The molecule has 2 unspecified atom stereocenters. The summed E-state index contributed by atoms with van der Waals surface area (Å²) in [7, 11) is 0. The second-order valence-corrected chi connectivity index (χ2v) is 5.56. The number of halogens is 2. The molecule has 2 nitrogen and oxygen atoms in total. The molecule has 0 amide bonds. The highest BCUT2D eigenvalue weighted by Crippen LogP contribution is 2.32. The Hall–Kier alpha value is -1.58. The Kier molecular flexibility index (Phi) is 3.40. The number of benzene rings is 2. The van der Waals surface area contributed by atoms with E-state index in [0.717, 1.165) is 23.3 Å². The third-order valence-corrected chi connectivity index (χ3v) is 3.87. The Bertz CT molecular complexity index is 659. The van der Waals surface area contributed by atoms with E-state index in [-0.39, 0.29) is 17.2 Å². The molecule has 0 aromatic heterocycles. The molecule has 1 aliphatic heterocycles. The van der Waals surface area contributed by atoms with Crippen LogP contribution in [-0.4, -0.2) is 6.10 Å². The topological polar surface area (TPSA) is 35.2 Å². The van der Waals surface area contributed by atoms with E-state index in [2.05, 4.69) is 6.07 Å². The predicted molar refractivity (Wildman–Crippen MR) is 77.7 cm³/mol. The van der Waals surface area contributed by atoms with E-state index < -0.39 is 5.82 Å². The van der Waals surface area contributed by atoms with Gasteiger partial charge >= 0.3 is 0 Å². The third kappa shape index (κ3) is 2.39. The van der Waals surface area contributed by atoms with Crippen molar-refractivity contribution in [3.63, 3.8) is 0 Å². The fraction of sp³-hybridized carbons (Fsp3) is 0.250. The Morgan fingerprint density at radius 1 is 1.25 bits per heavy atom. The highest BCUT2D eigenvalue weighted by atomic mass is 35.5. The highest BCUT2D eigenvalue weighted by Gasteiger charge is 2.20. The smallest absolute Gasteiger partial charge is 0.141 e. The first-order valence-electron chi connectivity index (χ1n) is 6.54. The summed E-state index contributed by atoms with van der Waals surface area (Å²) in [4.78, 5) is 0. The fourth-order valence-corrected chi connectivity index (χ4v) is 2.72. The number of fused-ring (bicyclic) bond motifs is 1. The molecule has 0 spiro atoms. The lowest BCUT2D eigenvalue weighted by Gasteiger charge is -2.14. The predicted octanol–water partition coefficient (Wildman–Crippen LogP) is 3.85. The number of hydrogen-bond acceptors (Lipinski definition) is 2. The van der Waals surface area contributed by atoms with Gasteiger partial charge < -0.3 is 10.5 Å². The van der Waals surface area contributed by atoms with Crippen molar-refractivity contribution >= 4 is 11.6 Å². The minimum atomic E-state index is -0.432. The first-order valence-corrected chi connectivity index (χ1v) is 6.92. The van der Waals surface area contributed by atoms with Crippen molar-refractivity contribution in [2.75, 3.05) is 0 Å². The average molecular weight is 292 g/mol. The van der Waals surface area contributed by atoms with Gasteiger partial charge in [-0.15, -0.1) is 0 Å². The largest absolute Gasteiger partial charge is 0.490 e. The van der Waals surface area contributed by atoms with E-state index in [1.54, 1.807) is 12.1 Å². The van der Waals surface area contributed by atoms with Crippen LogP contribution in [0.2, 0.25) is 5.02 Å². The molecule has 2 aromatic carbocycles. The Morgan fingerprint density at radius 2 is 1.95 bits per heavy atom. The van der Waals surface area contributed by atoms with Gasteiger partial charge in [0.05, 0.1) is 11.1 Å². The van der Waals surface area contributed by atoms with Crippen LogP contribution in [0, 0.1) is 5.82 Å². The zero-order valence-electron chi connectivity index (χ0n) is 11.1. The van der Waals surface area contributed by atoms with Crippen molar-refractivity contribution in [3.8, 4) is 5.75 Å². The molecule has 0 aliphatic carbocycles. The molecule has 1 aliphatic rings. The maximum absolute atomic E-state index is 13.2. The van der Waals surface area contributed by atoms with Gasteiger partial charge in [-0.05, 0) is 41.8 Å². The molecule has 3 rings (SSSR count). The molecule has 1 heterocycles. The number of rotatable bonds is 2. The lowest BCUT2D eigenvalue weighted by atomic mass is 9.97. The van der Waals surface area contributed by atoms with Crippen molar-refractivity contribution in [3.05, 3.63) is 63.9 Å². The van der Waals surface area contributed by atoms with Crippen LogP contribution in [-0.2, 0) is 6.42 Å². The molecule has 4 heteroatoms. The summed E-state index contributed by atoms with van der Waals surface area (Å²) in [6.07, 6.45) is 1.09. The van der Waals surface area contributed by atoms with Gasteiger partial charge in [0.2, 0.25) is 0 Å². The lowest BCUT2D eigenvalue weighted by molar-refractivity contribution is 0.254. The van der Waals surface area contributed by atoms with Gasteiger partial charge in [-0.1, -0.05) is 29.8 Å². The summed E-state index contributed by atoms with van der Waals surface area (Å²) >= 11 is 5.81. The molecule has 2 atom stereocenters. The van der Waals surface area contributed by atoms with Crippen LogP contribution in [0.5, 0.6) is 5.75 Å². The van der Waals surface area contributed by atoms with Gasteiger partial charge in [-0.3, -0.25) is 0 Å². The van der Waals surface area contributed by atoms with Crippen molar-refractivity contribution in [2.45, 2.75) is 25.5 Å². The molecule has 0 saturated carbocycles. The van der Waals surface area contributed by atoms with E-state index in [1.165, 1.54) is 11.6 Å². The summed E-state index contributed by atoms with van der Waals surface area (Å²) < 4.78 is 18.9. The summed E-state index contributed by atoms with van der Waals surface area (Å²) in [5.74, 6) is 0.490. The first kappa shape index (κ1) is 13.4. The van der Waals surface area contributed by atoms with Crippen molar-refractivity contribution in [1.82, 2.24) is 0 Å². The van der Waals surface area contributed by atoms with Crippen LogP contribution in [0.1, 0.15) is 29.7 Å². The van der Waals surface area contributed by atoms with Crippen LogP contribution in [0.4, 0.5) is 4.39 Å². The zero-order chi connectivity index (χ0) is 14.3. The number of nitrogens with two attached hydrogens (primary N) is 1. The summed E-state index contributed by atoms with van der Waals surface area (Å²) in [6.45, 7) is 2.04. The van der Waals surface area contributed by atoms with E-state index in [1.807, 2.05) is 19.1 Å². The van der Waals surface area contributed by atoms with Crippen molar-refractivity contribution < 1.29 is 9.13 Å². The quantitative estimate of drug-likeness (QED) is 0.912. The second-order valence-electron chi connectivity index (χ2n) is 5.15. The molecule has 0 fully saturated rings. The molecule has 0 saturated heterocycles. The molecule has 20 heavy (non-hydrogen) atoms. The fourth-order valence-electron chi connectivity index (χ4n) is 2.53. The van der Waals surface area contributed by atoms with Gasteiger partial charge in [0.1, 0.15) is 17.7 Å².